The molecule has 5 nitrogen and oxygen atoms in total. The summed E-state index contributed by atoms with van der Waals surface area (Å²) in [6.07, 6.45) is 0. The van der Waals surface area contributed by atoms with Gasteiger partial charge in [-0.1, -0.05) is 0 Å². The average Bonchev–Trinajstić information content (AvgIpc) is 1.93. The summed E-state index contributed by atoms with van der Waals surface area (Å²) in [5, 5.41) is 4.44. The van der Waals surface area contributed by atoms with Crippen LogP contribution in [0.25, 0.3) is 0 Å². The van der Waals surface area contributed by atoms with Gasteiger partial charge in [0.2, 0.25) is 0 Å². The minimum Gasteiger partial charge on any atom is -0.283 e. The standard InChI is InChI=1S/C4H5N3O2S/c1-7-3(9)2(8)5-6-4(7)10/h1H3,(H,5,8)(H,6,10). The summed E-state index contributed by atoms with van der Waals surface area (Å²) < 4.78 is 1.26. The molecule has 0 aromatic carbocycles. The van der Waals surface area contributed by atoms with E-state index in [0.717, 1.165) is 4.57 Å². The topological polar surface area (TPSA) is 70.7 Å². The Kier molecular flexibility index (Phi) is 1.54. The number of H-pyrrole nitrogens is 2. The maximum Gasteiger partial charge on any atom is 0.328 e. The second kappa shape index (κ2) is 2.22. The van der Waals surface area contributed by atoms with Gasteiger partial charge in [0.05, 0.1) is 0 Å². The van der Waals surface area contributed by atoms with Crippen LogP contribution in [0, 0.1) is 4.77 Å². The van der Waals surface area contributed by atoms with Gasteiger partial charge in [-0.15, -0.1) is 0 Å². The molecule has 0 spiro atoms. The van der Waals surface area contributed by atoms with Crippen LogP contribution in [0.2, 0.25) is 0 Å². The largest absolute Gasteiger partial charge is 0.328 e. The lowest BCUT2D eigenvalue weighted by atomic mass is 10.8. The van der Waals surface area contributed by atoms with Crippen LogP contribution in [0.15, 0.2) is 9.59 Å². The van der Waals surface area contributed by atoms with E-state index in [4.69, 9.17) is 0 Å². The van der Waals surface area contributed by atoms with Gasteiger partial charge >= 0.3 is 11.1 Å². The Morgan fingerprint density at radius 1 is 1.40 bits per heavy atom. The molecular weight excluding hydrogens is 154 g/mol. The second-order valence-corrected chi connectivity index (χ2v) is 2.14. The van der Waals surface area contributed by atoms with Gasteiger partial charge in [-0.3, -0.25) is 24.4 Å². The SMILES string of the molecule is Cn1c(=S)[nH][nH]c(=O)c1=O. The summed E-state index contributed by atoms with van der Waals surface area (Å²) in [4.78, 5) is 21.2. The van der Waals surface area contributed by atoms with Crippen LogP contribution in [0.3, 0.4) is 0 Å². The highest BCUT2D eigenvalue weighted by molar-refractivity contribution is 7.71. The van der Waals surface area contributed by atoms with E-state index in [1.165, 1.54) is 7.05 Å². The third-order valence-corrected chi connectivity index (χ3v) is 1.46. The predicted octanol–water partition coefficient (Wildman–Crippen LogP) is -0.869. The van der Waals surface area contributed by atoms with Crippen LogP contribution in [-0.4, -0.2) is 14.8 Å². The van der Waals surface area contributed by atoms with E-state index in [-0.39, 0.29) is 4.77 Å². The molecule has 0 aliphatic heterocycles. The van der Waals surface area contributed by atoms with E-state index in [9.17, 15) is 9.59 Å². The van der Waals surface area contributed by atoms with Gasteiger partial charge in [0.25, 0.3) is 0 Å². The van der Waals surface area contributed by atoms with E-state index >= 15 is 0 Å². The molecule has 10 heavy (non-hydrogen) atoms. The van der Waals surface area contributed by atoms with E-state index in [0.29, 0.717) is 0 Å². The van der Waals surface area contributed by atoms with Crippen molar-refractivity contribution in [2.75, 3.05) is 0 Å². The molecule has 0 unspecified atom stereocenters. The van der Waals surface area contributed by atoms with Gasteiger partial charge < -0.3 is 0 Å². The maximum absolute atomic E-state index is 10.7. The summed E-state index contributed by atoms with van der Waals surface area (Å²) in [6, 6.07) is 0. The fourth-order valence-electron chi connectivity index (χ4n) is 0.492. The van der Waals surface area contributed by atoms with Crippen LogP contribution in [0.1, 0.15) is 0 Å². The normalized spacial score (nSPS) is 9.70. The number of hydrogen-bond acceptors (Lipinski definition) is 3. The second-order valence-electron chi connectivity index (χ2n) is 1.75. The number of aromatic amines is 2. The van der Waals surface area contributed by atoms with Crippen molar-refractivity contribution < 1.29 is 0 Å². The van der Waals surface area contributed by atoms with Gasteiger partial charge in [-0.2, -0.15) is 0 Å². The Labute approximate surface area is 60.3 Å². The zero-order valence-corrected chi connectivity index (χ0v) is 5.99. The van der Waals surface area contributed by atoms with Gasteiger partial charge in [-0.25, -0.2) is 0 Å². The summed E-state index contributed by atoms with van der Waals surface area (Å²) in [5.74, 6) is 0. The van der Waals surface area contributed by atoms with Crippen LogP contribution in [-0.2, 0) is 7.05 Å². The van der Waals surface area contributed by atoms with E-state index < -0.39 is 11.1 Å². The molecule has 0 amide bonds. The van der Waals surface area contributed by atoms with E-state index in [2.05, 4.69) is 22.4 Å². The van der Waals surface area contributed by atoms with Crippen molar-refractivity contribution in [3.8, 4) is 0 Å². The zero-order chi connectivity index (χ0) is 7.72. The fourth-order valence-corrected chi connectivity index (χ4v) is 0.626. The Hall–Kier alpha value is -1.17. The number of rotatable bonds is 0. The lowest BCUT2D eigenvalue weighted by molar-refractivity contribution is 0.735. The molecule has 0 saturated carbocycles. The zero-order valence-electron chi connectivity index (χ0n) is 5.17. The average molecular weight is 159 g/mol. The van der Waals surface area contributed by atoms with Crippen molar-refractivity contribution in [3.63, 3.8) is 0 Å². The first-order chi connectivity index (χ1) is 4.63. The van der Waals surface area contributed by atoms with Crippen molar-refractivity contribution in [1.82, 2.24) is 14.8 Å². The first kappa shape index (κ1) is 6.94. The Morgan fingerprint density at radius 3 is 2.50 bits per heavy atom. The molecule has 1 heterocycles. The van der Waals surface area contributed by atoms with Gasteiger partial charge in [0, 0.05) is 7.05 Å². The van der Waals surface area contributed by atoms with Crippen molar-refractivity contribution in [2.24, 2.45) is 7.05 Å². The summed E-state index contributed by atoms with van der Waals surface area (Å²) in [6.45, 7) is 0. The van der Waals surface area contributed by atoms with Crippen molar-refractivity contribution >= 4 is 12.2 Å². The van der Waals surface area contributed by atoms with Crippen LogP contribution >= 0.6 is 12.2 Å². The monoisotopic (exact) mass is 159 g/mol. The number of aromatic nitrogens is 3. The van der Waals surface area contributed by atoms with Crippen LogP contribution in [0.4, 0.5) is 0 Å². The third kappa shape index (κ3) is 0.926. The molecule has 1 rings (SSSR count). The van der Waals surface area contributed by atoms with Crippen molar-refractivity contribution in [1.29, 1.82) is 0 Å². The molecule has 1 aromatic rings. The fraction of sp³-hybridized carbons (Fsp3) is 0.250. The van der Waals surface area contributed by atoms with Crippen molar-refractivity contribution in [3.05, 3.63) is 25.5 Å². The molecule has 0 saturated heterocycles. The Bertz CT molecular complexity index is 398. The van der Waals surface area contributed by atoms with Gasteiger partial charge in [-0.05, 0) is 12.2 Å². The quantitative estimate of drug-likeness (QED) is 0.382. The molecular formula is C4H5N3O2S. The van der Waals surface area contributed by atoms with Gasteiger partial charge in [0.1, 0.15) is 0 Å². The minimum absolute atomic E-state index is 0.199. The molecule has 0 atom stereocenters. The van der Waals surface area contributed by atoms with Crippen LogP contribution in [0.5, 0.6) is 0 Å². The first-order valence-electron chi connectivity index (χ1n) is 2.51. The van der Waals surface area contributed by atoms with E-state index in [1.54, 1.807) is 0 Å². The highest BCUT2D eigenvalue weighted by Crippen LogP contribution is 1.68. The summed E-state index contributed by atoms with van der Waals surface area (Å²) in [5.41, 5.74) is -1.35. The maximum atomic E-state index is 10.7. The minimum atomic E-state index is -0.698. The molecule has 0 radical (unpaired) electrons. The Balaban J connectivity index is 3.84. The smallest absolute Gasteiger partial charge is 0.283 e. The van der Waals surface area contributed by atoms with Crippen molar-refractivity contribution in [2.45, 2.75) is 0 Å². The number of hydrogen-bond donors (Lipinski definition) is 2. The first-order valence-corrected chi connectivity index (χ1v) is 2.92. The molecule has 0 aliphatic carbocycles. The summed E-state index contributed by atoms with van der Waals surface area (Å²) >= 11 is 4.64. The molecule has 54 valence electrons. The number of nitrogens with zero attached hydrogens (tertiary/aromatic N) is 1. The Morgan fingerprint density at radius 2 is 2.00 bits per heavy atom. The molecule has 6 heteroatoms. The molecule has 0 aliphatic rings. The lowest BCUT2D eigenvalue weighted by Gasteiger charge is -1.91. The highest BCUT2D eigenvalue weighted by atomic mass is 32.1. The van der Waals surface area contributed by atoms with Crippen LogP contribution < -0.4 is 11.1 Å². The van der Waals surface area contributed by atoms with Gasteiger partial charge in [0.15, 0.2) is 4.77 Å². The third-order valence-electron chi connectivity index (χ3n) is 1.09. The number of nitrogens with one attached hydrogen (secondary N) is 2. The molecule has 0 fully saturated rings. The van der Waals surface area contributed by atoms with E-state index in [1.807, 2.05) is 0 Å². The highest BCUT2D eigenvalue weighted by Gasteiger charge is 1.94. The predicted molar refractivity (Wildman–Crippen MR) is 37.5 cm³/mol. The molecule has 1 aromatic heterocycles. The molecule has 2 N–H and O–H groups in total. The lowest BCUT2D eigenvalue weighted by Crippen LogP contribution is -2.36. The summed E-state index contributed by atoms with van der Waals surface area (Å²) in [7, 11) is 1.43. The molecule has 0 bridgehead atoms.